The molecule has 1 fully saturated rings. The summed E-state index contributed by atoms with van der Waals surface area (Å²) in [4.78, 5) is 21.5. The number of halogens is 4. The van der Waals surface area contributed by atoms with Gasteiger partial charge in [0.05, 0.1) is 10.3 Å². The average molecular weight is 521 g/mol. The first-order chi connectivity index (χ1) is 15.6. The number of carbonyl (C=O) groups is 2. The molecule has 1 aliphatic rings. The second-order valence-electron chi connectivity index (χ2n) is 8.11. The third-order valence-corrected chi connectivity index (χ3v) is 6.78. The van der Waals surface area contributed by atoms with Crippen LogP contribution in [0.1, 0.15) is 37.8 Å². The lowest BCUT2D eigenvalue weighted by Crippen LogP contribution is -2.38. The molecular formula is C22H24ClF3N2O5S. The van der Waals surface area contributed by atoms with Crippen molar-refractivity contribution in [2.24, 2.45) is 0 Å². The first-order valence-electron chi connectivity index (χ1n) is 10.1. The minimum atomic E-state index is -5.08. The number of carboxylic acid groups (broad SMARTS) is 1. The number of aliphatic carboxylic acids is 1. The summed E-state index contributed by atoms with van der Waals surface area (Å²) in [5.74, 6) is -2.73. The molecule has 0 atom stereocenters. The van der Waals surface area contributed by atoms with E-state index < -0.39 is 27.6 Å². The van der Waals surface area contributed by atoms with E-state index in [4.69, 9.17) is 21.5 Å². The SMILES string of the molecule is Cc1ccc(S(=O)(=O)Nc2ccc(C3(C(=O)NC(C)C)CC3)cc2)cc1Cl.O=C(O)C(F)(F)F. The maximum Gasteiger partial charge on any atom is 0.490 e. The van der Waals surface area contributed by atoms with Crippen LogP contribution in [-0.4, -0.2) is 37.6 Å². The van der Waals surface area contributed by atoms with Crippen molar-refractivity contribution in [2.75, 3.05) is 4.72 Å². The summed E-state index contributed by atoms with van der Waals surface area (Å²) in [5.41, 5.74) is 1.68. The molecule has 3 rings (SSSR count). The summed E-state index contributed by atoms with van der Waals surface area (Å²) in [6, 6.07) is 11.7. The number of carbonyl (C=O) groups excluding carboxylic acids is 1. The molecule has 12 heteroatoms. The van der Waals surface area contributed by atoms with Crippen LogP contribution in [0.2, 0.25) is 5.02 Å². The van der Waals surface area contributed by atoms with Crippen molar-refractivity contribution in [3.63, 3.8) is 0 Å². The van der Waals surface area contributed by atoms with Crippen LogP contribution in [0, 0.1) is 6.92 Å². The Kier molecular flexibility index (Phi) is 8.26. The molecule has 0 radical (unpaired) electrons. The highest BCUT2D eigenvalue weighted by molar-refractivity contribution is 7.92. The van der Waals surface area contributed by atoms with Gasteiger partial charge in [-0.15, -0.1) is 0 Å². The molecule has 2 aromatic carbocycles. The summed E-state index contributed by atoms with van der Waals surface area (Å²) in [6.07, 6.45) is -3.48. The van der Waals surface area contributed by atoms with Gasteiger partial charge in [-0.3, -0.25) is 9.52 Å². The van der Waals surface area contributed by atoms with E-state index in [1.54, 1.807) is 18.2 Å². The smallest absolute Gasteiger partial charge is 0.475 e. The Morgan fingerprint density at radius 3 is 2.03 bits per heavy atom. The van der Waals surface area contributed by atoms with Crippen LogP contribution in [0.5, 0.6) is 0 Å². The van der Waals surface area contributed by atoms with E-state index in [9.17, 15) is 26.4 Å². The van der Waals surface area contributed by atoms with E-state index in [0.717, 1.165) is 24.0 Å². The molecule has 1 saturated carbocycles. The highest BCUT2D eigenvalue weighted by Crippen LogP contribution is 2.48. The summed E-state index contributed by atoms with van der Waals surface area (Å²) < 4.78 is 59.4. The quantitative estimate of drug-likeness (QED) is 0.513. The van der Waals surface area contributed by atoms with Crippen LogP contribution in [0.4, 0.5) is 18.9 Å². The van der Waals surface area contributed by atoms with E-state index in [1.165, 1.54) is 12.1 Å². The average Bonchev–Trinajstić information content (AvgIpc) is 3.51. The standard InChI is InChI=1S/C20H23ClN2O3S.C2HF3O2/c1-13(2)22-19(24)20(10-11-20)15-5-7-16(8-6-15)23-27(25,26)17-9-4-14(3)18(21)12-17;3-2(4,5)1(6)7/h4-9,12-13,23H,10-11H2,1-3H3,(H,22,24);(H,6,7). The fourth-order valence-corrected chi connectivity index (χ4v) is 4.31. The molecule has 0 bridgehead atoms. The minimum absolute atomic E-state index is 0.0279. The maximum absolute atomic E-state index is 12.6. The van der Waals surface area contributed by atoms with Crippen LogP contribution in [0.3, 0.4) is 0 Å². The molecule has 0 aliphatic heterocycles. The summed E-state index contributed by atoms with van der Waals surface area (Å²) in [5, 5.41) is 10.5. The maximum atomic E-state index is 12.6. The van der Waals surface area contributed by atoms with Gasteiger partial charge < -0.3 is 10.4 Å². The third kappa shape index (κ3) is 6.86. The summed E-state index contributed by atoms with van der Waals surface area (Å²) in [7, 11) is -3.73. The number of amides is 1. The van der Waals surface area contributed by atoms with E-state index in [-0.39, 0.29) is 16.8 Å². The Hall–Kier alpha value is -2.79. The van der Waals surface area contributed by atoms with Gasteiger partial charge in [-0.25, -0.2) is 13.2 Å². The minimum Gasteiger partial charge on any atom is -0.475 e. The molecule has 3 N–H and O–H groups in total. The molecule has 0 unspecified atom stereocenters. The van der Waals surface area contributed by atoms with E-state index >= 15 is 0 Å². The van der Waals surface area contributed by atoms with Crippen LogP contribution in [-0.2, 0) is 25.0 Å². The zero-order valence-electron chi connectivity index (χ0n) is 18.5. The molecule has 34 heavy (non-hydrogen) atoms. The van der Waals surface area contributed by atoms with Crippen molar-refractivity contribution in [2.45, 2.75) is 56.1 Å². The number of hydrogen-bond donors (Lipinski definition) is 3. The number of carboxylic acids is 1. The Morgan fingerprint density at radius 1 is 1.09 bits per heavy atom. The van der Waals surface area contributed by atoms with E-state index in [2.05, 4.69) is 10.0 Å². The van der Waals surface area contributed by atoms with Crippen LogP contribution < -0.4 is 10.0 Å². The normalized spacial score (nSPS) is 14.6. The molecule has 0 heterocycles. The molecular weight excluding hydrogens is 497 g/mol. The summed E-state index contributed by atoms with van der Waals surface area (Å²) in [6.45, 7) is 5.68. The van der Waals surface area contributed by atoms with Gasteiger partial charge in [0, 0.05) is 16.8 Å². The lowest BCUT2D eigenvalue weighted by molar-refractivity contribution is -0.192. The lowest BCUT2D eigenvalue weighted by atomic mass is 9.94. The Morgan fingerprint density at radius 2 is 1.62 bits per heavy atom. The predicted octanol–water partition coefficient (Wildman–Crippen LogP) is 4.64. The topological polar surface area (TPSA) is 113 Å². The van der Waals surface area contributed by atoms with E-state index in [0.29, 0.717) is 10.7 Å². The predicted molar refractivity (Wildman–Crippen MR) is 121 cm³/mol. The molecule has 1 amide bonds. The highest BCUT2D eigenvalue weighted by Gasteiger charge is 2.51. The van der Waals surface area contributed by atoms with Crippen molar-refractivity contribution in [1.29, 1.82) is 0 Å². The molecule has 0 saturated heterocycles. The first-order valence-corrected chi connectivity index (χ1v) is 12.0. The number of rotatable bonds is 6. The molecule has 0 spiro atoms. The van der Waals surface area contributed by atoms with Gasteiger partial charge in [0.15, 0.2) is 0 Å². The van der Waals surface area contributed by atoms with Gasteiger partial charge in [-0.1, -0.05) is 29.8 Å². The largest absolute Gasteiger partial charge is 0.490 e. The molecule has 7 nitrogen and oxygen atoms in total. The fraction of sp³-hybridized carbons (Fsp3) is 0.364. The second kappa shape index (κ2) is 10.2. The van der Waals surface area contributed by atoms with Gasteiger partial charge >= 0.3 is 12.1 Å². The Bertz CT molecular complexity index is 1160. The van der Waals surface area contributed by atoms with Crippen molar-refractivity contribution in [1.82, 2.24) is 5.32 Å². The number of hydrogen-bond acceptors (Lipinski definition) is 4. The monoisotopic (exact) mass is 520 g/mol. The van der Waals surface area contributed by atoms with Crippen LogP contribution in [0.25, 0.3) is 0 Å². The van der Waals surface area contributed by atoms with E-state index in [1.807, 2.05) is 32.9 Å². The van der Waals surface area contributed by atoms with Crippen molar-refractivity contribution in [3.05, 3.63) is 58.6 Å². The van der Waals surface area contributed by atoms with Crippen LogP contribution >= 0.6 is 11.6 Å². The zero-order chi connectivity index (χ0) is 25.9. The Labute approximate surface area is 200 Å². The number of alkyl halides is 3. The Balaban J connectivity index is 0.000000509. The fourth-order valence-electron chi connectivity index (χ4n) is 2.98. The van der Waals surface area contributed by atoms with Gasteiger partial charge in [0.25, 0.3) is 10.0 Å². The van der Waals surface area contributed by atoms with Crippen molar-refractivity contribution in [3.8, 4) is 0 Å². The van der Waals surface area contributed by atoms with Gasteiger partial charge in [0.2, 0.25) is 5.91 Å². The second-order valence-corrected chi connectivity index (χ2v) is 10.2. The number of anilines is 1. The first kappa shape index (κ1) is 27.5. The molecule has 0 aromatic heterocycles. The van der Waals surface area contributed by atoms with Gasteiger partial charge in [-0.05, 0) is 69.0 Å². The van der Waals surface area contributed by atoms with Gasteiger partial charge in [-0.2, -0.15) is 13.2 Å². The van der Waals surface area contributed by atoms with Gasteiger partial charge in [0.1, 0.15) is 0 Å². The van der Waals surface area contributed by atoms with Crippen molar-refractivity contribution >= 4 is 39.2 Å². The lowest BCUT2D eigenvalue weighted by Gasteiger charge is -2.18. The van der Waals surface area contributed by atoms with Crippen LogP contribution in [0.15, 0.2) is 47.4 Å². The molecule has 186 valence electrons. The van der Waals surface area contributed by atoms with Crippen molar-refractivity contribution < 1.29 is 36.3 Å². The third-order valence-electron chi connectivity index (χ3n) is 4.99. The molecule has 2 aromatic rings. The number of sulfonamides is 1. The number of benzene rings is 2. The zero-order valence-corrected chi connectivity index (χ0v) is 20.1. The number of nitrogens with one attached hydrogen (secondary N) is 2. The summed E-state index contributed by atoms with van der Waals surface area (Å²) >= 11 is 6.04. The number of aryl methyl sites for hydroxylation is 1. The molecule has 1 aliphatic carbocycles. The highest BCUT2D eigenvalue weighted by atomic mass is 35.5.